The summed E-state index contributed by atoms with van der Waals surface area (Å²) >= 11 is 0. The lowest BCUT2D eigenvalue weighted by Crippen LogP contribution is -2.27. The fourth-order valence-electron chi connectivity index (χ4n) is 2.76. The van der Waals surface area contributed by atoms with Crippen LogP contribution in [0.2, 0.25) is 0 Å². The molecule has 144 valence electrons. The summed E-state index contributed by atoms with van der Waals surface area (Å²) < 4.78 is 5.38. The smallest absolute Gasteiger partial charge is 0.273 e. The Labute approximate surface area is 161 Å². The third kappa shape index (κ3) is 4.60. The molecule has 0 saturated carbocycles. The number of non-ortho nitro benzene ring substituents is 1. The molecule has 2 unspecified atom stereocenters. The topological polar surface area (TPSA) is 124 Å². The molecule has 3 aromatic rings. The maximum Gasteiger partial charge on any atom is 0.273 e. The lowest BCUT2D eigenvalue weighted by molar-refractivity contribution is -0.384. The van der Waals surface area contributed by atoms with E-state index in [1.54, 1.807) is 19.1 Å². The van der Waals surface area contributed by atoms with E-state index in [0.717, 1.165) is 11.1 Å². The van der Waals surface area contributed by atoms with Crippen LogP contribution >= 0.6 is 0 Å². The molecule has 0 aliphatic rings. The molecular weight excluding hydrogens is 360 g/mol. The van der Waals surface area contributed by atoms with Gasteiger partial charge < -0.3 is 15.5 Å². The fourth-order valence-corrected chi connectivity index (χ4v) is 2.76. The number of aromatic nitrogens is 1. The quantitative estimate of drug-likeness (QED) is 0.478. The summed E-state index contributed by atoms with van der Waals surface area (Å²) in [7, 11) is 0. The molecule has 0 fully saturated rings. The highest BCUT2D eigenvalue weighted by molar-refractivity contribution is 5.92. The third-order valence-electron chi connectivity index (χ3n) is 4.32. The van der Waals surface area contributed by atoms with Crippen molar-refractivity contribution in [1.29, 1.82) is 0 Å². The van der Waals surface area contributed by atoms with Crippen molar-refractivity contribution in [3.63, 3.8) is 0 Å². The van der Waals surface area contributed by atoms with Crippen LogP contribution in [0.1, 0.15) is 46.5 Å². The second-order valence-corrected chi connectivity index (χ2v) is 6.41. The summed E-state index contributed by atoms with van der Waals surface area (Å²) in [6, 6.07) is 14.9. The van der Waals surface area contributed by atoms with E-state index in [-0.39, 0.29) is 23.3 Å². The maximum atomic E-state index is 12.4. The Morgan fingerprint density at radius 3 is 2.54 bits per heavy atom. The highest BCUT2D eigenvalue weighted by Crippen LogP contribution is 2.19. The van der Waals surface area contributed by atoms with Gasteiger partial charge >= 0.3 is 0 Å². The molecule has 0 aliphatic heterocycles. The monoisotopic (exact) mass is 380 g/mol. The van der Waals surface area contributed by atoms with Gasteiger partial charge in [-0.05, 0) is 24.5 Å². The molecule has 28 heavy (non-hydrogen) atoms. The van der Waals surface area contributed by atoms with Crippen LogP contribution < -0.4 is 11.1 Å². The van der Waals surface area contributed by atoms with Gasteiger partial charge in [0.15, 0.2) is 5.69 Å². The number of carbonyl (C=O) groups excluding carboxylic acids is 1. The average Bonchev–Trinajstić information content (AvgIpc) is 3.19. The first kappa shape index (κ1) is 19.2. The third-order valence-corrected chi connectivity index (χ3v) is 4.32. The van der Waals surface area contributed by atoms with E-state index in [1.165, 1.54) is 18.4 Å². The van der Waals surface area contributed by atoms with Crippen molar-refractivity contribution >= 4 is 11.6 Å². The number of nitro benzene ring substituents is 1. The van der Waals surface area contributed by atoms with Crippen LogP contribution in [0.25, 0.3) is 0 Å². The highest BCUT2D eigenvalue weighted by Gasteiger charge is 2.19. The number of hydrogen-bond acceptors (Lipinski definition) is 6. The second-order valence-electron chi connectivity index (χ2n) is 6.41. The molecule has 0 radical (unpaired) electrons. The van der Waals surface area contributed by atoms with Crippen LogP contribution in [0, 0.1) is 10.1 Å². The number of nitrogens with two attached hydrogens (primary N) is 1. The van der Waals surface area contributed by atoms with Gasteiger partial charge in [-0.3, -0.25) is 14.9 Å². The molecule has 3 rings (SSSR count). The van der Waals surface area contributed by atoms with E-state index in [0.29, 0.717) is 6.42 Å². The number of carbonyl (C=O) groups is 1. The molecule has 1 aromatic heterocycles. The number of nitrogens with one attached hydrogen (secondary N) is 1. The summed E-state index contributed by atoms with van der Waals surface area (Å²) in [4.78, 5) is 26.9. The molecule has 8 heteroatoms. The summed E-state index contributed by atoms with van der Waals surface area (Å²) in [6.07, 6.45) is 1.82. The Kier molecular flexibility index (Phi) is 5.81. The zero-order valence-corrected chi connectivity index (χ0v) is 15.2. The SMILES string of the molecule is CC(NC(=O)c1coc(C(N)Cc2ccccc2)n1)c1ccc([N+](=O)[O-])cc1. The van der Waals surface area contributed by atoms with Crippen LogP contribution in [0.5, 0.6) is 0 Å². The Morgan fingerprint density at radius 2 is 1.89 bits per heavy atom. The van der Waals surface area contributed by atoms with Crippen LogP contribution in [-0.2, 0) is 6.42 Å². The van der Waals surface area contributed by atoms with Crippen molar-refractivity contribution < 1.29 is 14.1 Å². The average molecular weight is 380 g/mol. The van der Waals surface area contributed by atoms with Crippen molar-refractivity contribution in [3.05, 3.63) is 93.7 Å². The van der Waals surface area contributed by atoms with Crippen molar-refractivity contribution in [2.24, 2.45) is 5.73 Å². The first-order chi connectivity index (χ1) is 13.4. The van der Waals surface area contributed by atoms with Crippen LogP contribution in [0.4, 0.5) is 5.69 Å². The number of nitrogens with zero attached hydrogens (tertiary/aromatic N) is 2. The molecular formula is C20H20N4O4. The molecule has 2 aromatic carbocycles. The number of amides is 1. The van der Waals surface area contributed by atoms with Gasteiger partial charge in [0, 0.05) is 12.1 Å². The lowest BCUT2D eigenvalue weighted by atomic mass is 10.1. The predicted molar refractivity (Wildman–Crippen MR) is 103 cm³/mol. The predicted octanol–water partition coefficient (Wildman–Crippen LogP) is 3.32. The molecule has 1 heterocycles. The van der Waals surface area contributed by atoms with Gasteiger partial charge in [0.2, 0.25) is 5.89 Å². The lowest BCUT2D eigenvalue weighted by Gasteiger charge is -2.13. The highest BCUT2D eigenvalue weighted by atomic mass is 16.6. The van der Waals surface area contributed by atoms with Gasteiger partial charge in [-0.1, -0.05) is 42.5 Å². The summed E-state index contributed by atoms with van der Waals surface area (Å²) in [5, 5.41) is 13.5. The number of hydrogen-bond donors (Lipinski definition) is 2. The molecule has 0 bridgehead atoms. The van der Waals surface area contributed by atoms with Crippen molar-refractivity contribution in [2.45, 2.75) is 25.4 Å². The summed E-state index contributed by atoms with van der Waals surface area (Å²) in [6.45, 7) is 1.78. The molecule has 0 aliphatic carbocycles. The Bertz CT molecular complexity index is 954. The molecule has 0 spiro atoms. The largest absolute Gasteiger partial charge is 0.446 e. The zero-order chi connectivity index (χ0) is 20.1. The molecule has 3 N–H and O–H groups in total. The van der Waals surface area contributed by atoms with Gasteiger partial charge in [0.1, 0.15) is 6.26 Å². The fraction of sp³-hybridized carbons (Fsp3) is 0.200. The minimum Gasteiger partial charge on any atom is -0.446 e. The molecule has 0 saturated heterocycles. The van der Waals surface area contributed by atoms with E-state index in [2.05, 4.69) is 10.3 Å². The van der Waals surface area contributed by atoms with E-state index >= 15 is 0 Å². The Hall–Kier alpha value is -3.52. The van der Waals surface area contributed by atoms with Crippen LogP contribution in [0.3, 0.4) is 0 Å². The van der Waals surface area contributed by atoms with E-state index in [1.807, 2.05) is 30.3 Å². The first-order valence-corrected chi connectivity index (χ1v) is 8.74. The number of nitro groups is 1. The molecule has 1 amide bonds. The van der Waals surface area contributed by atoms with Gasteiger partial charge in [-0.15, -0.1) is 0 Å². The van der Waals surface area contributed by atoms with Gasteiger partial charge in [-0.25, -0.2) is 4.98 Å². The van der Waals surface area contributed by atoms with Crippen LogP contribution in [-0.4, -0.2) is 15.8 Å². The summed E-state index contributed by atoms with van der Waals surface area (Å²) in [5.41, 5.74) is 8.04. The van der Waals surface area contributed by atoms with Gasteiger partial charge in [-0.2, -0.15) is 0 Å². The normalized spacial score (nSPS) is 12.9. The Morgan fingerprint density at radius 1 is 1.21 bits per heavy atom. The van der Waals surface area contributed by atoms with Crippen molar-refractivity contribution in [1.82, 2.24) is 10.3 Å². The van der Waals surface area contributed by atoms with E-state index in [9.17, 15) is 14.9 Å². The zero-order valence-electron chi connectivity index (χ0n) is 15.2. The standard InChI is InChI=1S/C20H20N4O4/c1-13(15-7-9-16(10-8-15)24(26)27)22-19(25)18-12-28-20(23-18)17(21)11-14-5-3-2-4-6-14/h2-10,12-13,17H,11,21H2,1H3,(H,22,25). The molecule has 8 nitrogen and oxygen atoms in total. The second kappa shape index (κ2) is 8.45. The van der Waals surface area contributed by atoms with E-state index in [4.69, 9.17) is 10.2 Å². The van der Waals surface area contributed by atoms with Crippen molar-refractivity contribution in [3.8, 4) is 0 Å². The number of benzene rings is 2. The van der Waals surface area contributed by atoms with Gasteiger partial charge in [0.05, 0.1) is 17.0 Å². The van der Waals surface area contributed by atoms with Crippen molar-refractivity contribution in [2.75, 3.05) is 0 Å². The maximum absolute atomic E-state index is 12.4. The number of oxazole rings is 1. The first-order valence-electron chi connectivity index (χ1n) is 8.74. The van der Waals surface area contributed by atoms with E-state index < -0.39 is 16.9 Å². The summed E-state index contributed by atoms with van der Waals surface area (Å²) in [5.74, 6) is -0.121. The minimum atomic E-state index is -0.470. The Balaban J connectivity index is 1.62. The van der Waals surface area contributed by atoms with Crippen LogP contribution in [0.15, 0.2) is 65.3 Å². The van der Waals surface area contributed by atoms with Gasteiger partial charge in [0.25, 0.3) is 11.6 Å². The molecule has 2 atom stereocenters. The number of rotatable bonds is 7. The minimum absolute atomic E-state index is 0.00387.